The first-order valence-corrected chi connectivity index (χ1v) is 6.22. The summed E-state index contributed by atoms with van der Waals surface area (Å²) in [6.45, 7) is 5.07. The zero-order chi connectivity index (χ0) is 12.0. The van der Waals surface area contributed by atoms with E-state index in [0.717, 1.165) is 36.6 Å². The molecule has 1 fully saturated rings. The second kappa shape index (κ2) is 3.72. The van der Waals surface area contributed by atoms with Crippen molar-refractivity contribution in [2.45, 2.75) is 32.7 Å². The summed E-state index contributed by atoms with van der Waals surface area (Å²) in [6, 6.07) is 3.85. The molecule has 0 radical (unpaired) electrons. The molecule has 1 saturated heterocycles. The highest BCUT2D eigenvalue weighted by Gasteiger charge is 2.39. The summed E-state index contributed by atoms with van der Waals surface area (Å²) in [7, 11) is 0. The smallest absolute Gasteiger partial charge is 0.247 e. The molecule has 4 nitrogen and oxygen atoms in total. The molecule has 0 spiro atoms. The SMILES string of the molecule is Cc1ccc2c(n1)N1CCCC(C)C1C(=O)N2. The van der Waals surface area contributed by atoms with Gasteiger partial charge in [-0.05, 0) is 37.8 Å². The van der Waals surface area contributed by atoms with Gasteiger partial charge < -0.3 is 10.2 Å². The highest BCUT2D eigenvalue weighted by molar-refractivity contribution is 6.03. The van der Waals surface area contributed by atoms with E-state index in [2.05, 4.69) is 22.1 Å². The number of piperidine rings is 1. The van der Waals surface area contributed by atoms with Crippen LogP contribution in [-0.4, -0.2) is 23.5 Å². The van der Waals surface area contributed by atoms with Crippen LogP contribution in [0.25, 0.3) is 0 Å². The molecule has 2 atom stereocenters. The van der Waals surface area contributed by atoms with E-state index in [1.165, 1.54) is 0 Å². The molecule has 1 N–H and O–H groups in total. The standard InChI is InChI=1S/C13H17N3O/c1-8-4-3-7-16-11(8)13(17)15-10-6-5-9(2)14-12(10)16/h5-6,8,11H,3-4,7H2,1-2H3,(H,15,17). The number of nitrogens with one attached hydrogen (secondary N) is 1. The van der Waals surface area contributed by atoms with Crippen molar-refractivity contribution in [2.75, 3.05) is 16.8 Å². The lowest BCUT2D eigenvalue weighted by Gasteiger charge is -2.43. The Morgan fingerprint density at radius 3 is 3.12 bits per heavy atom. The van der Waals surface area contributed by atoms with E-state index < -0.39 is 0 Å². The molecule has 1 amide bonds. The number of nitrogens with zero attached hydrogens (tertiary/aromatic N) is 2. The van der Waals surface area contributed by atoms with Gasteiger partial charge in [0.1, 0.15) is 6.04 Å². The largest absolute Gasteiger partial charge is 0.343 e. The maximum atomic E-state index is 12.1. The topological polar surface area (TPSA) is 45.2 Å². The molecule has 0 aromatic carbocycles. The zero-order valence-electron chi connectivity index (χ0n) is 10.2. The molecule has 1 aromatic rings. The van der Waals surface area contributed by atoms with E-state index in [9.17, 15) is 4.79 Å². The van der Waals surface area contributed by atoms with Crippen LogP contribution in [0, 0.1) is 12.8 Å². The average molecular weight is 231 g/mol. The highest BCUT2D eigenvalue weighted by atomic mass is 16.2. The third kappa shape index (κ3) is 1.59. The van der Waals surface area contributed by atoms with Gasteiger partial charge in [0.25, 0.3) is 0 Å². The van der Waals surface area contributed by atoms with Crippen molar-refractivity contribution in [2.24, 2.45) is 5.92 Å². The Bertz CT molecular complexity index is 472. The van der Waals surface area contributed by atoms with Crippen LogP contribution in [0.4, 0.5) is 11.5 Å². The second-order valence-electron chi connectivity index (χ2n) is 5.07. The lowest BCUT2D eigenvalue weighted by Crippen LogP contribution is -2.54. The molecule has 0 saturated carbocycles. The van der Waals surface area contributed by atoms with Crippen LogP contribution in [-0.2, 0) is 4.79 Å². The number of amides is 1. The van der Waals surface area contributed by atoms with Crippen molar-refractivity contribution in [3.63, 3.8) is 0 Å². The van der Waals surface area contributed by atoms with E-state index in [4.69, 9.17) is 0 Å². The van der Waals surface area contributed by atoms with Crippen LogP contribution in [0.5, 0.6) is 0 Å². The van der Waals surface area contributed by atoms with Crippen molar-refractivity contribution < 1.29 is 4.79 Å². The summed E-state index contributed by atoms with van der Waals surface area (Å²) in [5.41, 5.74) is 1.85. The first kappa shape index (κ1) is 10.6. The molecule has 4 heteroatoms. The number of fused-ring (bicyclic) bond motifs is 3. The first-order chi connectivity index (χ1) is 8.16. The summed E-state index contributed by atoms with van der Waals surface area (Å²) < 4.78 is 0. The quantitative estimate of drug-likeness (QED) is 0.742. The van der Waals surface area contributed by atoms with Gasteiger partial charge in [-0.1, -0.05) is 6.92 Å². The molecule has 2 aliphatic rings. The number of carbonyl (C=O) groups is 1. The van der Waals surface area contributed by atoms with Gasteiger partial charge in [-0.2, -0.15) is 0 Å². The fourth-order valence-corrected chi connectivity index (χ4v) is 2.89. The fourth-order valence-electron chi connectivity index (χ4n) is 2.89. The minimum absolute atomic E-state index is 0.0365. The Hall–Kier alpha value is -1.58. The van der Waals surface area contributed by atoms with Crippen molar-refractivity contribution in [3.05, 3.63) is 17.8 Å². The van der Waals surface area contributed by atoms with Gasteiger partial charge in [0.2, 0.25) is 5.91 Å². The first-order valence-electron chi connectivity index (χ1n) is 6.22. The molecule has 90 valence electrons. The fraction of sp³-hybridized carbons (Fsp3) is 0.538. The van der Waals surface area contributed by atoms with E-state index in [1.54, 1.807) is 0 Å². The summed E-state index contributed by atoms with van der Waals surface area (Å²) in [5, 5.41) is 2.97. The van der Waals surface area contributed by atoms with Gasteiger partial charge in [0.05, 0.1) is 5.69 Å². The van der Waals surface area contributed by atoms with Crippen molar-refractivity contribution >= 4 is 17.4 Å². The molecular formula is C13H17N3O. The third-order valence-electron chi connectivity index (χ3n) is 3.75. The van der Waals surface area contributed by atoms with E-state index in [1.807, 2.05) is 19.1 Å². The van der Waals surface area contributed by atoms with Crippen LogP contribution >= 0.6 is 0 Å². The number of rotatable bonds is 0. The van der Waals surface area contributed by atoms with E-state index >= 15 is 0 Å². The Labute approximate surface area is 101 Å². The molecule has 3 rings (SSSR count). The van der Waals surface area contributed by atoms with Crippen LogP contribution in [0.3, 0.4) is 0 Å². The van der Waals surface area contributed by atoms with Crippen molar-refractivity contribution in [3.8, 4) is 0 Å². The van der Waals surface area contributed by atoms with Gasteiger partial charge in [-0.3, -0.25) is 4.79 Å². The Morgan fingerprint density at radius 1 is 1.47 bits per heavy atom. The number of pyridine rings is 1. The van der Waals surface area contributed by atoms with E-state index in [0.29, 0.717) is 5.92 Å². The maximum Gasteiger partial charge on any atom is 0.247 e. The molecule has 1 aromatic heterocycles. The molecule has 2 unspecified atom stereocenters. The summed E-state index contributed by atoms with van der Waals surface area (Å²) in [5.74, 6) is 1.47. The van der Waals surface area contributed by atoms with Gasteiger partial charge in [0, 0.05) is 12.2 Å². The second-order valence-corrected chi connectivity index (χ2v) is 5.07. The Morgan fingerprint density at radius 2 is 2.29 bits per heavy atom. The average Bonchev–Trinajstić information content (AvgIpc) is 2.30. The molecule has 17 heavy (non-hydrogen) atoms. The van der Waals surface area contributed by atoms with Crippen LogP contribution in [0.15, 0.2) is 12.1 Å². The molecule has 3 heterocycles. The predicted molar refractivity (Wildman–Crippen MR) is 67.1 cm³/mol. The number of hydrogen-bond donors (Lipinski definition) is 1. The normalized spacial score (nSPS) is 27.2. The maximum absolute atomic E-state index is 12.1. The number of anilines is 2. The lowest BCUT2D eigenvalue weighted by atomic mass is 9.88. The number of aryl methyl sites for hydroxylation is 1. The van der Waals surface area contributed by atoms with Gasteiger partial charge in [-0.15, -0.1) is 0 Å². The van der Waals surface area contributed by atoms with Gasteiger partial charge in [0.15, 0.2) is 5.82 Å². The van der Waals surface area contributed by atoms with Gasteiger partial charge >= 0.3 is 0 Å². The van der Waals surface area contributed by atoms with Crippen LogP contribution < -0.4 is 10.2 Å². The van der Waals surface area contributed by atoms with Gasteiger partial charge in [-0.25, -0.2) is 4.98 Å². The summed E-state index contributed by atoms with van der Waals surface area (Å²) in [4.78, 5) is 18.9. The minimum Gasteiger partial charge on any atom is -0.343 e. The third-order valence-corrected chi connectivity index (χ3v) is 3.75. The summed E-state index contributed by atoms with van der Waals surface area (Å²) >= 11 is 0. The number of hydrogen-bond acceptors (Lipinski definition) is 3. The molecular weight excluding hydrogens is 214 g/mol. The summed E-state index contributed by atoms with van der Waals surface area (Å²) in [6.07, 6.45) is 2.26. The van der Waals surface area contributed by atoms with Crippen LogP contribution in [0.2, 0.25) is 0 Å². The monoisotopic (exact) mass is 231 g/mol. The molecule has 2 aliphatic heterocycles. The minimum atomic E-state index is -0.0365. The zero-order valence-corrected chi connectivity index (χ0v) is 10.2. The number of carbonyl (C=O) groups excluding carboxylic acids is 1. The Balaban J connectivity index is 2.08. The van der Waals surface area contributed by atoms with Crippen LogP contribution in [0.1, 0.15) is 25.5 Å². The lowest BCUT2D eigenvalue weighted by molar-refractivity contribution is -0.119. The van der Waals surface area contributed by atoms with E-state index in [-0.39, 0.29) is 11.9 Å². The number of aromatic nitrogens is 1. The Kier molecular flexibility index (Phi) is 2.31. The van der Waals surface area contributed by atoms with Crippen molar-refractivity contribution in [1.29, 1.82) is 0 Å². The van der Waals surface area contributed by atoms with Crippen molar-refractivity contribution in [1.82, 2.24) is 4.98 Å². The highest BCUT2D eigenvalue weighted by Crippen LogP contribution is 2.36. The molecule has 0 bridgehead atoms. The predicted octanol–water partition coefficient (Wildman–Crippen LogP) is 1.95. The molecule has 0 aliphatic carbocycles.